The number of amides is 1. The molecule has 2 aromatic carbocycles. The topological polar surface area (TPSA) is 73.6 Å². The molecule has 5 heteroatoms. The van der Waals surface area contributed by atoms with Crippen LogP contribution in [-0.2, 0) is 4.74 Å². The lowest BCUT2D eigenvalue weighted by Crippen LogP contribution is -2.27. The van der Waals surface area contributed by atoms with Crippen molar-refractivity contribution in [2.45, 2.75) is 26.4 Å². The number of ether oxygens (including phenoxy) is 2. The average Bonchev–Trinajstić information content (AvgIpc) is 2.47. The van der Waals surface area contributed by atoms with Crippen molar-refractivity contribution in [3.63, 3.8) is 0 Å². The standard InChI is InChI=1S/C18H22N2O3/c1-18(2,3)23-17(21)20-16-9-8-13(11-15(16)19)12-6-5-7-14(10-12)22-4/h5-11H,19H2,1-4H3,(H,20,21). The maximum absolute atomic E-state index is 11.8. The summed E-state index contributed by atoms with van der Waals surface area (Å²) in [5, 5.41) is 2.66. The van der Waals surface area contributed by atoms with E-state index in [1.807, 2.05) is 57.2 Å². The molecule has 23 heavy (non-hydrogen) atoms. The number of benzene rings is 2. The van der Waals surface area contributed by atoms with Gasteiger partial charge in [0.15, 0.2) is 0 Å². The summed E-state index contributed by atoms with van der Waals surface area (Å²) in [4.78, 5) is 11.8. The maximum atomic E-state index is 11.8. The first-order valence-electron chi connectivity index (χ1n) is 7.32. The summed E-state index contributed by atoms with van der Waals surface area (Å²) in [5.41, 5.74) is 8.40. The summed E-state index contributed by atoms with van der Waals surface area (Å²) in [6.45, 7) is 5.42. The van der Waals surface area contributed by atoms with E-state index >= 15 is 0 Å². The molecule has 0 aliphatic rings. The molecule has 0 aliphatic heterocycles. The molecule has 0 bridgehead atoms. The van der Waals surface area contributed by atoms with Gasteiger partial charge in [0.25, 0.3) is 0 Å². The molecule has 0 atom stereocenters. The summed E-state index contributed by atoms with van der Waals surface area (Å²) in [5.74, 6) is 0.775. The molecular formula is C18H22N2O3. The quantitative estimate of drug-likeness (QED) is 0.829. The van der Waals surface area contributed by atoms with Gasteiger partial charge in [-0.05, 0) is 56.2 Å². The Balaban J connectivity index is 2.19. The summed E-state index contributed by atoms with van der Waals surface area (Å²) < 4.78 is 10.4. The van der Waals surface area contributed by atoms with Crippen LogP contribution in [0.25, 0.3) is 11.1 Å². The highest BCUT2D eigenvalue weighted by Crippen LogP contribution is 2.29. The largest absolute Gasteiger partial charge is 0.497 e. The van der Waals surface area contributed by atoms with E-state index in [0.717, 1.165) is 16.9 Å². The summed E-state index contributed by atoms with van der Waals surface area (Å²) >= 11 is 0. The molecule has 1 amide bonds. The second-order valence-corrected chi connectivity index (χ2v) is 6.16. The van der Waals surface area contributed by atoms with Crippen molar-refractivity contribution in [3.05, 3.63) is 42.5 Å². The Morgan fingerprint density at radius 2 is 1.78 bits per heavy atom. The molecule has 0 aliphatic carbocycles. The molecule has 0 radical (unpaired) electrons. The Hall–Kier alpha value is -2.69. The number of hydrogen-bond donors (Lipinski definition) is 2. The van der Waals surface area contributed by atoms with E-state index in [1.165, 1.54) is 0 Å². The van der Waals surface area contributed by atoms with Gasteiger partial charge < -0.3 is 15.2 Å². The van der Waals surface area contributed by atoms with Gasteiger partial charge in [0.1, 0.15) is 11.4 Å². The molecule has 2 aromatic rings. The van der Waals surface area contributed by atoms with Gasteiger partial charge in [0, 0.05) is 0 Å². The SMILES string of the molecule is COc1cccc(-c2ccc(NC(=O)OC(C)(C)C)c(N)c2)c1. The van der Waals surface area contributed by atoms with Crippen LogP contribution in [0.1, 0.15) is 20.8 Å². The summed E-state index contributed by atoms with van der Waals surface area (Å²) in [6.07, 6.45) is -0.529. The third-order valence-electron chi connectivity index (χ3n) is 3.09. The van der Waals surface area contributed by atoms with Crippen LogP contribution < -0.4 is 15.8 Å². The first kappa shape index (κ1) is 16.7. The molecule has 0 saturated heterocycles. The van der Waals surface area contributed by atoms with Crippen molar-refractivity contribution in [2.75, 3.05) is 18.2 Å². The van der Waals surface area contributed by atoms with E-state index in [0.29, 0.717) is 11.4 Å². The molecule has 0 heterocycles. The third kappa shape index (κ3) is 4.64. The van der Waals surface area contributed by atoms with Crippen molar-refractivity contribution in [1.82, 2.24) is 0 Å². The minimum absolute atomic E-state index is 0.469. The fourth-order valence-electron chi connectivity index (χ4n) is 2.07. The van der Waals surface area contributed by atoms with E-state index in [1.54, 1.807) is 13.2 Å². The van der Waals surface area contributed by atoms with Crippen molar-refractivity contribution >= 4 is 17.5 Å². The Morgan fingerprint density at radius 3 is 2.39 bits per heavy atom. The lowest BCUT2D eigenvalue weighted by atomic mass is 10.0. The van der Waals surface area contributed by atoms with Crippen LogP contribution in [-0.4, -0.2) is 18.8 Å². The molecule has 122 valence electrons. The Kier molecular flexibility index (Phi) is 4.79. The minimum atomic E-state index is -0.556. The second kappa shape index (κ2) is 6.60. The van der Waals surface area contributed by atoms with Crippen molar-refractivity contribution < 1.29 is 14.3 Å². The molecule has 3 N–H and O–H groups in total. The van der Waals surface area contributed by atoms with Gasteiger partial charge >= 0.3 is 6.09 Å². The van der Waals surface area contributed by atoms with E-state index in [2.05, 4.69) is 5.32 Å². The monoisotopic (exact) mass is 314 g/mol. The van der Waals surface area contributed by atoms with Gasteiger partial charge in [-0.15, -0.1) is 0 Å². The Morgan fingerprint density at radius 1 is 1.09 bits per heavy atom. The number of carbonyl (C=O) groups is 1. The summed E-state index contributed by atoms with van der Waals surface area (Å²) in [7, 11) is 1.63. The van der Waals surface area contributed by atoms with Crippen LogP contribution in [0.3, 0.4) is 0 Å². The molecule has 0 unspecified atom stereocenters. The van der Waals surface area contributed by atoms with Crippen LogP contribution in [0.4, 0.5) is 16.2 Å². The number of hydrogen-bond acceptors (Lipinski definition) is 4. The zero-order valence-corrected chi connectivity index (χ0v) is 13.8. The number of methoxy groups -OCH3 is 1. The lowest BCUT2D eigenvalue weighted by Gasteiger charge is -2.20. The van der Waals surface area contributed by atoms with E-state index in [-0.39, 0.29) is 0 Å². The van der Waals surface area contributed by atoms with Crippen molar-refractivity contribution in [2.24, 2.45) is 0 Å². The molecule has 0 fully saturated rings. The molecule has 0 aromatic heterocycles. The van der Waals surface area contributed by atoms with E-state index < -0.39 is 11.7 Å². The number of nitrogens with two attached hydrogens (primary N) is 1. The van der Waals surface area contributed by atoms with Crippen LogP contribution in [0, 0.1) is 0 Å². The van der Waals surface area contributed by atoms with Gasteiger partial charge in [0.2, 0.25) is 0 Å². The Labute approximate surface area is 136 Å². The van der Waals surface area contributed by atoms with Gasteiger partial charge in [-0.25, -0.2) is 4.79 Å². The normalized spacial score (nSPS) is 11.0. The minimum Gasteiger partial charge on any atom is -0.497 e. The summed E-state index contributed by atoms with van der Waals surface area (Å²) in [6, 6.07) is 13.1. The number of rotatable bonds is 3. The third-order valence-corrected chi connectivity index (χ3v) is 3.09. The predicted octanol–water partition coefficient (Wildman–Crippen LogP) is 4.29. The van der Waals surface area contributed by atoms with Gasteiger partial charge in [-0.3, -0.25) is 5.32 Å². The van der Waals surface area contributed by atoms with Gasteiger partial charge in [-0.2, -0.15) is 0 Å². The molecule has 0 saturated carbocycles. The van der Waals surface area contributed by atoms with Gasteiger partial charge in [0.05, 0.1) is 18.5 Å². The Bertz CT molecular complexity index is 706. The zero-order chi connectivity index (χ0) is 17.0. The van der Waals surface area contributed by atoms with Gasteiger partial charge in [-0.1, -0.05) is 18.2 Å². The number of anilines is 2. The lowest BCUT2D eigenvalue weighted by molar-refractivity contribution is 0.0636. The second-order valence-electron chi connectivity index (χ2n) is 6.16. The van der Waals surface area contributed by atoms with Crippen molar-refractivity contribution in [3.8, 4) is 16.9 Å². The molecular weight excluding hydrogens is 292 g/mol. The fourth-order valence-corrected chi connectivity index (χ4v) is 2.07. The number of carbonyl (C=O) groups excluding carboxylic acids is 1. The van der Waals surface area contributed by atoms with E-state index in [4.69, 9.17) is 15.2 Å². The predicted molar refractivity (Wildman–Crippen MR) is 92.7 cm³/mol. The zero-order valence-electron chi connectivity index (χ0n) is 13.8. The molecule has 5 nitrogen and oxygen atoms in total. The molecule has 0 spiro atoms. The van der Waals surface area contributed by atoms with Crippen LogP contribution in [0.2, 0.25) is 0 Å². The van der Waals surface area contributed by atoms with Crippen LogP contribution in [0.5, 0.6) is 5.75 Å². The highest BCUT2D eigenvalue weighted by atomic mass is 16.6. The average molecular weight is 314 g/mol. The first-order chi connectivity index (χ1) is 10.8. The van der Waals surface area contributed by atoms with Crippen LogP contribution >= 0.6 is 0 Å². The number of nitrogen functional groups attached to an aromatic ring is 1. The maximum Gasteiger partial charge on any atom is 0.412 e. The van der Waals surface area contributed by atoms with Crippen LogP contribution in [0.15, 0.2) is 42.5 Å². The highest BCUT2D eigenvalue weighted by Gasteiger charge is 2.17. The first-order valence-corrected chi connectivity index (χ1v) is 7.32. The molecule has 2 rings (SSSR count). The van der Waals surface area contributed by atoms with Crippen molar-refractivity contribution in [1.29, 1.82) is 0 Å². The fraction of sp³-hybridized carbons (Fsp3) is 0.278. The van der Waals surface area contributed by atoms with E-state index in [9.17, 15) is 4.79 Å². The number of nitrogens with one attached hydrogen (secondary N) is 1. The highest BCUT2D eigenvalue weighted by molar-refractivity contribution is 5.90. The smallest absolute Gasteiger partial charge is 0.412 e.